The van der Waals surface area contributed by atoms with E-state index in [1.165, 1.54) is 6.92 Å². The Kier molecular flexibility index (Phi) is 4.83. The van der Waals surface area contributed by atoms with Crippen molar-refractivity contribution >= 4 is 46.4 Å². The summed E-state index contributed by atoms with van der Waals surface area (Å²) in [6.45, 7) is 1.44. The van der Waals surface area contributed by atoms with Crippen LogP contribution >= 0.6 is 23.2 Å². The normalized spacial score (nSPS) is 10.0. The largest absolute Gasteiger partial charge is 0.323 e. The molecular formula is C15H12Cl2N2O2. The summed E-state index contributed by atoms with van der Waals surface area (Å²) >= 11 is 11.7. The predicted octanol–water partition coefficient (Wildman–Crippen LogP) is 4.84. The molecule has 0 radical (unpaired) electrons. The molecule has 0 aliphatic heterocycles. The third kappa shape index (κ3) is 3.97. The second-order valence-corrected chi connectivity index (χ2v) is 5.12. The molecule has 0 bridgehead atoms. The SMILES string of the molecule is CC(=O)c1ccccc1NC(=O)Nc1ccc(Cl)c(Cl)c1. The molecule has 0 fully saturated rings. The molecule has 2 N–H and O–H groups in total. The summed E-state index contributed by atoms with van der Waals surface area (Å²) in [6.07, 6.45) is 0. The van der Waals surface area contributed by atoms with Crippen molar-refractivity contribution in [1.29, 1.82) is 0 Å². The van der Waals surface area contributed by atoms with Gasteiger partial charge in [-0.05, 0) is 37.3 Å². The number of nitrogens with one attached hydrogen (secondary N) is 2. The fraction of sp³-hybridized carbons (Fsp3) is 0.0667. The van der Waals surface area contributed by atoms with Crippen molar-refractivity contribution in [1.82, 2.24) is 0 Å². The van der Waals surface area contributed by atoms with Crippen LogP contribution in [-0.4, -0.2) is 11.8 Å². The lowest BCUT2D eigenvalue weighted by Crippen LogP contribution is -2.20. The molecule has 0 atom stereocenters. The Morgan fingerprint density at radius 3 is 2.33 bits per heavy atom. The molecule has 0 aromatic heterocycles. The Hall–Kier alpha value is -2.04. The maximum atomic E-state index is 11.9. The second-order valence-electron chi connectivity index (χ2n) is 4.31. The number of halogens is 2. The summed E-state index contributed by atoms with van der Waals surface area (Å²) in [5.74, 6) is -0.125. The van der Waals surface area contributed by atoms with E-state index >= 15 is 0 Å². The average molecular weight is 323 g/mol. The minimum Gasteiger partial charge on any atom is -0.308 e. The van der Waals surface area contributed by atoms with Crippen LogP contribution in [0.15, 0.2) is 42.5 Å². The summed E-state index contributed by atoms with van der Waals surface area (Å²) < 4.78 is 0. The van der Waals surface area contributed by atoms with Gasteiger partial charge in [-0.2, -0.15) is 0 Å². The van der Waals surface area contributed by atoms with Crippen LogP contribution < -0.4 is 10.6 Å². The fourth-order valence-corrected chi connectivity index (χ4v) is 2.06. The van der Waals surface area contributed by atoms with Crippen LogP contribution in [0, 0.1) is 0 Å². The Balaban J connectivity index is 2.12. The Bertz CT molecular complexity index is 702. The highest BCUT2D eigenvalue weighted by Crippen LogP contribution is 2.25. The Labute approximate surface area is 132 Å². The zero-order valence-corrected chi connectivity index (χ0v) is 12.6. The smallest absolute Gasteiger partial charge is 0.308 e. The molecule has 2 aromatic carbocycles. The molecule has 21 heavy (non-hydrogen) atoms. The van der Waals surface area contributed by atoms with E-state index in [-0.39, 0.29) is 5.78 Å². The molecule has 2 rings (SSSR count). The van der Waals surface area contributed by atoms with Crippen molar-refractivity contribution in [2.45, 2.75) is 6.92 Å². The minimum absolute atomic E-state index is 0.125. The Morgan fingerprint density at radius 2 is 1.67 bits per heavy atom. The summed E-state index contributed by atoms with van der Waals surface area (Å²) in [5.41, 5.74) is 1.39. The number of anilines is 2. The van der Waals surface area contributed by atoms with Crippen LogP contribution in [0.4, 0.5) is 16.2 Å². The van der Waals surface area contributed by atoms with E-state index in [2.05, 4.69) is 10.6 Å². The van der Waals surface area contributed by atoms with E-state index in [9.17, 15) is 9.59 Å². The molecule has 0 heterocycles. The molecule has 0 spiro atoms. The molecule has 0 saturated carbocycles. The van der Waals surface area contributed by atoms with Gasteiger partial charge in [0.25, 0.3) is 0 Å². The van der Waals surface area contributed by atoms with E-state index in [4.69, 9.17) is 23.2 Å². The number of carbonyl (C=O) groups is 2. The van der Waals surface area contributed by atoms with Gasteiger partial charge in [0.15, 0.2) is 5.78 Å². The molecule has 4 nitrogen and oxygen atoms in total. The van der Waals surface area contributed by atoms with Gasteiger partial charge in [-0.15, -0.1) is 0 Å². The van der Waals surface area contributed by atoms with Crippen LogP contribution in [0.25, 0.3) is 0 Å². The van der Waals surface area contributed by atoms with Gasteiger partial charge in [0.2, 0.25) is 0 Å². The summed E-state index contributed by atoms with van der Waals surface area (Å²) in [7, 11) is 0. The Morgan fingerprint density at radius 1 is 0.952 bits per heavy atom. The molecule has 0 unspecified atom stereocenters. The molecule has 0 aliphatic rings. The number of hydrogen-bond acceptors (Lipinski definition) is 2. The number of para-hydroxylation sites is 1. The van der Waals surface area contributed by atoms with Gasteiger partial charge in [0.1, 0.15) is 0 Å². The minimum atomic E-state index is -0.470. The van der Waals surface area contributed by atoms with Gasteiger partial charge in [0.05, 0.1) is 15.7 Å². The maximum Gasteiger partial charge on any atom is 0.323 e. The number of hydrogen-bond donors (Lipinski definition) is 2. The number of urea groups is 1. The van der Waals surface area contributed by atoms with Gasteiger partial charge >= 0.3 is 6.03 Å². The lowest BCUT2D eigenvalue weighted by molar-refractivity contribution is 0.101. The first kappa shape index (κ1) is 15.4. The van der Waals surface area contributed by atoms with Crippen LogP contribution in [0.1, 0.15) is 17.3 Å². The van der Waals surface area contributed by atoms with Crippen molar-refractivity contribution in [2.24, 2.45) is 0 Å². The lowest BCUT2D eigenvalue weighted by atomic mass is 10.1. The van der Waals surface area contributed by atoms with Crippen molar-refractivity contribution < 1.29 is 9.59 Å². The van der Waals surface area contributed by atoms with Crippen LogP contribution in [0.5, 0.6) is 0 Å². The zero-order valence-electron chi connectivity index (χ0n) is 11.1. The van der Waals surface area contributed by atoms with E-state index < -0.39 is 6.03 Å². The summed E-state index contributed by atoms with van der Waals surface area (Å²) in [5, 5.41) is 6.00. The number of carbonyl (C=O) groups excluding carboxylic acids is 2. The van der Waals surface area contributed by atoms with Crippen LogP contribution in [0.3, 0.4) is 0 Å². The highest BCUT2D eigenvalue weighted by atomic mass is 35.5. The lowest BCUT2D eigenvalue weighted by Gasteiger charge is -2.10. The van der Waals surface area contributed by atoms with E-state index in [1.54, 1.807) is 42.5 Å². The predicted molar refractivity (Wildman–Crippen MR) is 85.5 cm³/mol. The van der Waals surface area contributed by atoms with Crippen molar-refractivity contribution in [2.75, 3.05) is 10.6 Å². The molecule has 2 aromatic rings. The van der Waals surface area contributed by atoms with Crippen molar-refractivity contribution in [3.63, 3.8) is 0 Å². The number of benzene rings is 2. The van der Waals surface area contributed by atoms with Crippen LogP contribution in [0.2, 0.25) is 10.0 Å². The van der Waals surface area contributed by atoms with E-state index in [1.807, 2.05) is 0 Å². The topological polar surface area (TPSA) is 58.2 Å². The molecule has 0 aliphatic carbocycles. The van der Waals surface area contributed by atoms with E-state index in [0.717, 1.165) is 0 Å². The summed E-state index contributed by atoms with van der Waals surface area (Å²) in [6, 6.07) is 11.1. The number of ketones is 1. The maximum absolute atomic E-state index is 11.9. The molecule has 108 valence electrons. The first-order valence-electron chi connectivity index (χ1n) is 6.10. The van der Waals surface area contributed by atoms with Gasteiger partial charge < -0.3 is 10.6 Å². The first-order chi connectivity index (χ1) is 9.97. The van der Waals surface area contributed by atoms with Gasteiger partial charge in [-0.3, -0.25) is 4.79 Å². The fourth-order valence-electron chi connectivity index (χ4n) is 1.76. The third-order valence-corrected chi connectivity index (χ3v) is 3.47. The molecule has 0 saturated heterocycles. The second kappa shape index (κ2) is 6.61. The van der Waals surface area contributed by atoms with Gasteiger partial charge in [0, 0.05) is 11.3 Å². The van der Waals surface area contributed by atoms with E-state index in [0.29, 0.717) is 27.0 Å². The molecule has 6 heteroatoms. The number of rotatable bonds is 3. The average Bonchev–Trinajstić information content (AvgIpc) is 2.43. The van der Waals surface area contributed by atoms with Gasteiger partial charge in [-0.1, -0.05) is 35.3 Å². The number of amides is 2. The first-order valence-corrected chi connectivity index (χ1v) is 6.86. The van der Waals surface area contributed by atoms with Crippen molar-refractivity contribution in [3.8, 4) is 0 Å². The monoisotopic (exact) mass is 322 g/mol. The highest BCUT2D eigenvalue weighted by Gasteiger charge is 2.10. The van der Waals surface area contributed by atoms with Gasteiger partial charge in [-0.25, -0.2) is 4.79 Å². The quantitative estimate of drug-likeness (QED) is 0.794. The third-order valence-electron chi connectivity index (χ3n) is 2.73. The molecule has 2 amide bonds. The van der Waals surface area contributed by atoms with Crippen LogP contribution in [-0.2, 0) is 0 Å². The molecular weight excluding hydrogens is 311 g/mol. The summed E-state index contributed by atoms with van der Waals surface area (Å²) in [4.78, 5) is 23.4. The number of Topliss-reactive ketones (excluding diaryl/α,β-unsaturated/α-hetero) is 1. The standard InChI is InChI=1S/C15H12Cl2N2O2/c1-9(20)11-4-2-3-5-14(11)19-15(21)18-10-6-7-12(16)13(17)8-10/h2-8H,1H3,(H2,18,19,21). The highest BCUT2D eigenvalue weighted by molar-refractivity contribution is 6.42. The zero-order chi connectivity index (χ0) is 15.4. The van der Waals surface area contributed by atoms with Crippen molar-refractivity contribution in [3.05, 3.63) is 58.1 Å².